The van der Waals surface area contributed by atoms with Crippen molar-refractivity contribution in [2.45, 2.75) is 6.18 Å². The lowest BCUT2D eigenvalue weighted by Crippen LogP contribution is -2.11. The van der Waals surface area contributed by atoms with Gasteiger partial charge in [0.1, 0.15) is 5.75 Å². The van der Waals surface area contributed by atoms with Gasteiger partial charge in [0.25, 0.3) is 0 Å². The Morgan fingerprint density at radius 3 is 2.29 bits per heavy atom. The molecule has 1 aromatic rings. The number of esters is 1. The lowest BCUT2D eigenvalue weighted by Gasteiger charge is -2.13. The Bertz CT molecular complexity index is 443. The van der Waals surface area contributed by atoms with Crippen LogP contribution in [0, 0.1) is 0 Å². The Labute approximate surface area is 100 Å². The molecule has 0 N–H and O–H groups in total. The summed E-state index contributed by atoms with van der Waals surface area (Å²) in [5.41, 5.74) is -1.44. The molecule has 0 aliphatic carbocycles. The third kappa shape index (κ3) is 2.82. The second kappa shape index (κ2) is 4.83. The van der Waals surface area contributed by atoms with Gasteiger partial charge in [-0.25, -0.2) is 4.79 Å². The minimum Gasteiger partial charge on any atom is -0.496 e. The molecule has 0 fully saturated rings. The van der Waals surface area contributed by atoms with E-state index in [-0.39, 0.29) is 10.6 Å². The third-order valence-corrected chi connectivity index (χ3v) is 2.31. The summed E-state index contributed by atoms with van der Waals surface area (Å²) in [5, 5.41) is -0.165. The van der Waals surface area contributed by atoms with Gasteiger partial charge in [0.05, 0.1) is 30.4 Å². The van der Waals surface area contributed by atoms with E-state index in [1.807, 2.05) is 0 Å². The highest BCUT2D eigenvalue weighted by atomic mass is 35.5. The molecule has 0 atom stereocenters. The molecule has 0 bridgehead atoms. The number of benzene rings is 1. The molecular weight excluding hydrogens is 261 g/mol. The SMILES string of the molecule is COC(=O)c1cc(C(F)(F)F)c(OC)cc1Cl. The predicted octanol–water partition coefficient (Wildman–Crippen LogP) is 3.15. The number of methoxy groups -OCH3 is 2. The van der Waals surface area contributed by atoms with Crippen LogP contribution >= 0.6 is 11.6 Å². The molecule has 0 aromatic heterocycles. The van der Waals surface area contributed by atoms with Gasteiger partial charge in [0.15, 0.2) is 0 Å². The van der Waals surface area contributed by atoms with Crippen LogP contribution in [0.2, 0.25) is 5.02 Å². The largest absolute Gasteiger partial charge is 0.496 e. The van der Waals surface area contributed by atoms with Gasteiger partial charge in [0.2, 0.25) is 0 Å². The normalized spacial score (nSPS) is 11.2. The lowest BCUT2D eigenvalue weighted by atomic mass is 10.1. The van der Waals surface area contributed by atoms with Crippen molar-refractivity contribution in [3.05, 3.63) is 28.3 Å². The van der Waals surface area contributed by atoms with Crippen LogP contribution in [0.25, 0.3) is 0 Å². The highest BCUT2D eigenvalue weighted by molar-refractivity contribution is 6.33. The van der Waals surface area contributed by atoms with Gasteiger partial charge >= 0.3 is 12.1 Å². The van der Waals surface area contributed by atoms with E-state index in [0.717, 1.165) is 20.3 Å². The molecule has 7 heteroatoms. The van der Waals surface area contributed by atoms with Crippen molar-refractivity contribution in [3.63, 3.8) is 0 Å². The first kappa shape index (κ1) is 13.6. The average Bonchev–Trinajstić information content (AvgIpc) is 2.25. The highest BCUT2D eigenvalue weighted by Gasteiger charge is 2.36. The second-order valence-electron chi connectivity index (χ2n) is 3.02. The molecule has 1 rings (SSSR count). The van der Waals surface area contributed by atoms with Gasteiger partial charge in [-0.1, -0.05) is 11.6 Å². The van der Waals surface area contributed by atoms with Crippen LogP contribution < -0.4 is 4.74 Å². The van der Waals surface area contributed by atoms with Crippen LogP contribution in [0.4, 0.5) is 13.2 Å². The number of halogens is 4. The second-order valence-corrected chi connectivity index (χ2v) is 3.43. The first-order valence-corrected chi connectivity index (χ1v) is 4.72. The minimum absolute atomic E-state index is 0.165. The molecule has 1 aromatic carbocycles. The summed E-state index contributed by atoms with van der Waals surface area (Å²) in [6, 6.07) is 1.53. The molecule has 0 amide bonds. The molecule has 0 aliphatic rings. The quantitative estimate of drug-likeness (QED) is 0.773. The van der Waals surface area contributed by atoms with E-state index in [0.29, 0.717) is 6.07 Å². The van der Waals surface area contributed by atoms with Gasteiger partial charge in [-0.15, -0.1) is 0 Å². The predicted molar refractivity (Wildman–Crippen MR) is 54.3 cm³/mol. The maximum atomic E-state index is 12.6. The van der Waals surface area contributed by atoms with Gasteiger partial charge < -0.3 is 9.47 Å². The number of carbonyl (C=O) groups excluding carboxylic acids is 1. The van der Waals surface area contributed by atoms with Gasteiger partial charge in [-0.2, -0.15) is 13.2 Å². The molecule has 0 spiro atoms. The summed E-state index contributed by atoms with van der Waals surface area (Å²) in [7, 11) is 2.13. The molecular formula is C10H8ClF3O3. The van der Waals surface area contributed by atoms with Crippen LogP contribution in [0.15, 0.2) is 12.1 Å². The van der Waals surface area contributed by atoms with Crippen molar-refractivity contribution < 1.29 is 27.4 Å². The fraction of sp³-hybridized carbons (Fsp3) is 0.300. The minimum atomic E-state index is -4.64. The zero-order valence-corrected chi connectivity index (χ0v) is 9.65. The Balaban J connectivity index is 3.43. The number of alkyl halides is 3. The molecule has 94 valence electrons. The maximum Gasteiger partial charge on any atom is 0.419 e. The Morgan fingerprint density at radius 1 is 1.29 bits per heavy atom. The van der Waals surface area contributed by atoms with Crippen molar-refractivity contribution >= 4 is 17.6 Å². The van der Waals surface area contributed by atoms with E-state index in [1.165, 1.54) is 0 Å². The van der Waals surface area contributed by atoms with E-state index in [2.05, 4.69) is 9.47 Å². The van der Waals surface area contributed by atoms with Crippen LogP contribution in [-0.2, 0) is 10.9 Å². The van der Waals surface area contributed by atoms with Gasteiger partial charge in [-0.3, -0.25) is 0 Å². The monoisotopic (exact) mass is 268 g/mol. The van der Waals surface area contributed by atoms with E-state index >= 15 is 0 Å². The number of rotatable bonds is 2. The third-order valence-electron chi connectivity index (χ3n) is 2.00. The summed E-state index contributed by atoms with van der Waals surface area (Å²) in [5.74, 6) is -1.39. The molecule has 0 saturated carbocycles. The van der Waals surface area contributed by atoms with Crippen molar-refractivity contribution in [1.29, 1.82) is 0 Å². The molecule has 0 unspecified atom stereocenters. The summed E-state index contributed by atoms with van der Waals surface area (Å²) in [6.45, 7) is 0. The van der Waals surface area contributed by atoms with Crippen molar-refractivity contribution in [3.8, 4) is 5.75 Å². The fourth-order valence-electron chi connectivity index (χ4n) is 1.21. The first-order chi connectivity index (χ1) is 7.81. The zero-order chi connectivity index (χ0) is 13.2. The highest BCUT2D eigenvalue weighted by Crippen LogP contribution is 2.39. The van der Waals surface area contributed by atoms with Gasteiger partial charge in [0, 0.05) is 6.07 Å². The first-order valence-electron chi connectivity index (χ1n) is 4.34. The van der Waals surface area contributed by atoms with E-state index in [9.17, 15) is 18.0 Å². The number of hydrogen-bond acceptors (Lipinski definition) is 3. The van der Waals surface area contributed by atoms with Gasteiger partial charge in [-0.05, 0) is 6.07 Å². The molecule has 17 heavy (non-hydrogen) atoms. The molecule has 0 heterocycles. The summed E-state index contributed by atoms with van der Waals surface area (Å²) in [4.78, 5) is 11.2. The molecule has 0 aliphatic heterocycles. The molecule has 0 radical (unpaired) electrons. The van der Waals surface area contributed by atoms with E-state index in [1.54, 1.807) is 0 Å². The summed E-state index contributed by atoms with van der Waals surface area (Å²) < 4.78 is 46.8. The summed E-state index contributed by atoms with van der Waals surface area (Å²) >= 11 is 5.66. The summed E-state index contributed by atoms with van der Waals surface area (Å²) in [6.07, 6.45) is -4.64. The zero-order valence-electron chi connectivity index (χ0n) is 8.89. The van der Waals surface area contributed by atoms with Crippen LogP contribution in [0.1, 0.15) is 15.9 Å². The lowest BCUT2D eigenvalue weighted by molar-refractivity contribution is -0.138. The molecule has 0 saturated heterocycles. The average molecular weight is 269 g/mol. The maximum absolute atomic E-state index is 12.6. The van der Waals surface area contributed by atoms with Crippen LogP contribution in [0.5, 0.6) is 5.75 Å². The Kier molecular flexibility index (Phi) is 3.87. The van der Waals surface area contributed by atoms with Crippen LogP contribution in [-0.4, -0.2) is 20.2 Å². The van der Waals surface area contributed by atoms with Crippen LogP contribution in [0.3, 0.4) is 0 Å². The van der Waals surface area contributed by atoms with Crippen molar-refractivity contribution in [1.82, 2.24) is 0 Å². The smallest absolute Gasteiger partial charge is 0.419 e. The van der Waals surface area contributed by atoms with E-state index in [4.69, 9.17) is 11.6 Å². The Hall–Kier alpha value is -1.43. The Morgan fingerprint density at radius 2 is 1.88 bits per heavy atom. The molecule has 3 nitrogen and oxygen atoms in total. The van der Waals surface area contributed by atoms with Crippen molar-refractivity contribution in [2.24, 2.45) is 0 Å². The van der Waals surface area contributed by atoms with Crippen molar-refractivity contribution in [2.75, 3.05) is 14.2 Å². The topological polar surface area (TPSA) is 35.5 Å². The van der Waals surface area contributed by atoms with E-state index < -0.39 is 23.5 Å². The number of ether oxygens (including phenoxy) is 2. The standard InChI is InChI=1S/C10H8ClF3O3/c1-16-8-4-7(11)5(9(15)17-2)3-6(8)10(12,13)14/h3-4H,1-2H3. The fourth-order valence-corrected chi connectivity index (χ4v) is 1.44. The number of hydrogen-bond donors (Lipinski definition) is 0. The number of carbonyl (C=O) groups is 1.